The molecule has 2 heterocycles. The Kier molecular flexibility index (Phi) is 15.9. The van der Waals surface area contributed by atoms with Crippen molar-refractivity contribution in [3.63, 3.8) is 0 Å². The molecule has 4 rings (SSSR count). The van der Waals surface area contributed by atoms with E-state index in [1.165, 1.54) is 45.5 Å². The Labute approximate surface area is 262 Å². The summed E-state index contributed by atoms with van der Waals surface area (Å²) in [6, 6.07) is 16.0. The van der Waals surface area contributed by atoms with Crippen molar-refractivity contribution in [2.24, 2.45) is 0 Å². The highest BCUT2D eigenvalue weighted by atomic mass is 79.9. The molecule has 2 aromatic rings. The summed E-state index contributed by atoms with van der Waals surface area (Å²) in [6.45, 7) is 4.41. The van der Waals surface area contributed by atoms with Crippen LogP contribution in [-0.2, 0) is 29.5 Å². The minimum Gasteiger partial charge on any atom is -0.393 e. The molecule has 0 bridgehead atoms. The predicted molar refractivity (Wildman–Crippen MR) is 163 cm³/mol. The summed E-state index contributed by atoms with van der Waals surface area (Å²) in [5, 5.41) is 38.8. The van der Waals surface area contributed by atoms with E-state index < -0.39 is 56.7 Å². The van der Waals surface area contributed by atoms with Crippen molar-refractivity contribution in [2.45, 2.75) is 33.2 Å². The van der Waals surface area contributed by atoms with Crippen LogP contribution in [0, 0.1) is 6.57 Å². The van der Waals surface area contributed by atoms with Crippen LogP contribution in [-0.4, -0.2) is 136 Å². The molecule has 0 saturated carbocycles. The molecule has 0 aromatic heterocycles. The predicted octanol–water partition coefficient (Wildman–Crippen LogP) is 0.405. The molecule has 4 atom stereocenters. The maximum absolute atomic E-state index is 12.4. The Hall–Kier alpha value is -2.01. The summed E-state index contributed by atoms with van der Waals surface area (Å²) in [7, 11) is -3.19. The second kappa shape index (κ2) is 17.5. The van der Waals surface area contributed by atoms with Gasteiger partial charge < -0.3 is 34.7 Å². The first-order chi connectivity index (χ1) is 20.3. The van der Waals surface area contributed by atoms with Gasteiger partial charge in [0.25, 0.3) is 0 Å². The Morgan fingerprint density at radius 1 is 0.791 bits per heavy atom. The molecule has 2 fully saturated rings. The van der Waals surface area contributed by atoms with Gasteiger partial charge in [0.1, 0.15) is 23.4 Å². The van der Waals surface area contributed by atoms with E-state index in [1.807, 2.05) is 5.83 Å². The van der Waals surface area contributed by atoms with Gasteiger partial charge in [-0.2, -0.15) is 8.61 Å². The molecule has 0 unspecified atom stereocenters. The van der Waals surface area contributed by atoms with Crippen molar-refractivity contribution in [1.29, 1.82) is 0 Å². The third-order valence-electron chi connectivity index (χ3n) is 6.72. The lowest BCUT2D eigenvalue weighted by Crippen LogP contribution is -2.46. The fourth-order valence-electron chi connectivity index (χ4n) is 4.39. The van der Waals surface area contributed by atoms with Crippen LogP contribution < -0.4 is 0 Å². The van der Waals surface area contributed by atoms with Gasteiger partial charge in [0.05, 0.1) is 23.0 Å². The first-order valence-corrected chi connectivity index (χ1v) is 17.2. The zero-order valence-corrected chi connectivity index (χ0v) is 27.7. The number of β-amino-alcohol motifs (C(OH)–C–C–N with tert-alkyl or cyclic N) is 2. The molecule has 2 aliphatic rings. The smallest absolute Gasteiger partial charge is 0.243 e. The standard InChI is InChI=1S/2C12H17NO5S.C2H3N.CH3Br/c2*1-18-11-7-13(8-12(11,15)9-14)19(16,17)10-5-3-2-4-6-10;1-3-2;1-2/h2*2-6,11,14-15H,7-9H2,1H3;1H3;1H3/t2*11-,12+;;/m00../s1. The van der Waals surface area contributed by atoms with E-state index in [0.717, 1.165) is 8.61 Å². The molecule has 242 valence electrons. The molecule has 13 nitrogen and oxygen atoms in total. The van der Waals surface area contributed by atoms with Crippen LogP contribution in [0.3, 0.4) is 0 Å². The fourth-order valence-corrected chi connectivity index (χ4v) is 7.44. The molecular weight excluding hydrogens is 670 g/mol. The number of methoxy groups -OCH3 is 2. The maximum Gasteiger partial charge on any atom is 0.243 e. The Bertz CT molecular complexity index is 1260. The lowest BCUT2D eigenvalue weighted by atomic mass is 10.0. The normalized spacial score (nSPS) is 25.7. The third-order valence-corrected chi connectivity index (χ3v) is 10.4. The average molecular weight is 711 g/mol. The number of aliphatic hydroxyl groups is 4. The number of benzene rings is 2. The van der Waals surface area contributed by atoms with E-state index in [0.29, 0.717) is 0 Å². The van der Waals surface area contributed by atoms with Crippen LogP contribution in [0.2, 0.25) is 0 Å². The minimum atomic E-state index is -3.68. The molecule has 16 heteroatoms. The molecular formula is C27H40BrN3O10S2. The highest BCUT2D eigenvalue weighted by Crippen LogP contribution is 2.30. The number of alkyl halides is 1. The second-order valence-corrected chi connectivity index (χ2v) is 13.3. The molecule has 2 saturated heterocycles. The number of halogens is 1. The largest absolute Gasteiger partial charge is 0.393 e. The van der Waals surface area contributed by atoms with Gasteiger partial charge >= 0.3 is 0 Å². The molecule has 0 aliphatic carbocycles. The summed E-state index contributed by atoms with van der Waals surface area (Å²) in [5.74, 6) is 1.81. The van der Waals surface area contributed by atoms with E-state index in [2.05, 4.69) is 20.8 Å². The Morgan fingerprint density at radius 2 is 1.07 bits per heavy atom. The first-order valence-electron chi connectivity index (χ1n) is 12.8. The Balaban J connectivity index is 0.000000374. The molecule has 4 N–H and O–H groups in total. The van der Waals surface area contributed by atoms with Gasteiger partial charge in [0.2, 0.25) is 27.1 Å². The lowest BCUT2D eigenvalue weighted by molar-refractivity contribution is -0.0890. The summed E-state index contributed by atoms with van der Waals surface area (Å²) in [4.78, 5) is 3.07. The van der Waals surface area contributed by atoms with Crippen molar-refractivity contribution < 1.29 is 46.7 Å². The van der Waals surface area contributed by atoms with Crippen molar-refractivity contribution >= 4 is 36.0 Å². The third kappa shape index (κ3) is 9.49. The van der Waals surface area contributed by atoms with Gasteiger partial charge in [0.15, 0.2) is 0 Å². The van der Waals surface area contributed by atoms with Crippen LogP contribution in [0.1, 0.15) is 0 Å². The van der Waals surface area contributed by atoms with Gasteiger partial charge in [-0.15, -0.1) is 0 Å². The van der Waals surface area contributed by atoms with Crippen molar-refractivity contribution in [3.05, 3.63) is 72.1 Å². The SMILES string of the molecule is CBr.CO[C@H]1CN(S(=O)(=O)c2ccccc2)C[C@@]1(O)CO.CO[C@H]1CN(S(=O)(=O)c2ccccc2)C[C@@]1(O)CO.[C-]#[N+]C. The van der Waals surface area contributed by atoms with Crippen LogP contribution in [0.25, 0.3) is 4.85 Å². The highest BCUT2D eigenvalue weighted by molar-refractivity contribution is 9.08. The zero-order valence-electron chi connectivity index (χ0n) is 24.4. The molecule has 43 heavy (non-hydrogen) atoms. The quantitative estimate of drug-likeness (QED) is 0.222. The minimum absolute atomic E-state index is 0.0186. The molecule has 2 aliphatic heterocycles. The zero-order chi connectivity index (χ0) is 32.9. The summed E-state index contributed by atoms with van der Waals surface area (Å²) < 4.78 is 61.9. The van der Waals surface area contributed by atoms with Crippen LogP contribution in [0.4, 0.5) is 0 Å². The molecule has 0 radical (unpaired) electrons. The van der Waals surface area contributed by atoms with E-state index in [4.69, 9.17) is 16.0 Å². The summed E-state index contributed by atoms with van der Waals surface area (Å²) in [6.07, 6.45) is -1.48. The number of ether oxygens (including phenoxy) is 2. The van der Waals surface area contributed by atoms with E-state index in [-0.39, 0.29) is 36.0 Å². The maximum atomic E-state index is 12.4. The van der Waals surface area contributed by atoms with Crippen LogP contribution in [0.15, 0.2) is 70.5 Å². The number of sulfonamides is 2. The molecule has 0 spiro atoms. The second-order valence-electron chi connectivity index (χ2n) is 9.42. The van der Waals surface area contributed by atoms with E-state index in [1.54, 1.807) is 36.4 Å². The van der Waals surface area contributed by atoms with Gasteiger partial charge in [-0.05, 0) is 30.1 Å². The Morgan fingerprint density at radius 3 is 1.28 bits per heavy atom. The van der Waals surface area contributed by atoms with Gasteiger partial charge in [-0.3, -0.25) is 0 Å². The van der Waals surface area contributed by atoms with Gasteiger partial charge in [-0.1, -0.05) is 52.3 Å². The number of rotatable bonds is 8. The van der Waals surface area contributed by atoms with Crippen molar-refractivity contribution in [2.75, 3.05) is 66.5 Å². The number of nitrogens with zero attached hydrogens (tertiary/aromatic N) is 3. The van der Waals surface area contributed by atoms with E-state index >= 15 is 0 Å². The van der Waals surface area contributed by atoms with Crippen molar-refractivity contribution in [1.82, 2.24) is 8.61 Å². The van der Waals surface area contributed by atoms with Crippen LogP contribution in [0.5, 0.6) is 0 Å². The summed E-state index contributed by atoms with van der Waals surface area (Å²) >= 11 is 2.94. The average Bonchev–Trinajstić information content (AvgIpc) is 3.57. The molecule has 0 amide bonds. The van der Waals surface area contributed by atoms with E-state index in [9.17, 15) is 37.3 Å². The number of hydrogen-bond donors (Lipinski definition) is 4. The lowest BCUT2D eigenvalue weighted by Gasteiger charge is -2.25. The first kappa shape index (κ1) is 39.0. The monoisotopic (exact) mass is 709 g/mol. The highest BCUT2D eigenvalue weighted by Gasteiger charge is 2.50. The summed E-state index contributed by atoms with van der Waals surface area (Å²) in [5.41, 5.74) is -3.12. The molecule has 2 aromatic carbocycles. The topological polar surface area (TPSA) is 178 Å². The number of aliphatic hydroxyl groups excluding tert-OH is 2. The van der Waals surface area contributed by atoms with Crippen LogP contribution >= 0.6 is 15.9 Å². The van der Waals surface area contributed by atoms with Gasteiger partial charge in [0, 0.05) is 40.4 Å². The van der Waals surface area contributed by atoms with Crippen molar-refractivity contribution in [3.8, 4) is 0 Å². The number of hydrogen-bond acceptors (Lipinski definition) is 10. The fraction of sp³-hybridized carbons (Fsp3) is 0.519. The van der Waals surface area contributed by atoms with Gasteiger partial charge in [-0.25, -0.2) is 23.4 Å².